The molecule has 0 aliphatic carbocycles. The van der Waals surface area contributed by atoms with Crippen molar-refractivity contribution in [1.29, 1.82) is 5.26 Å². The lowest BCUT2D eigenvalue weighted by atomic mass is 10.1. The SMILES string of the molecule is Cc1cc(Oc2ccc(C(=O)O)c(F)c2)c(C#N)c(C)n1. The summed E-state index contributed by atoms with van der Waals surface area (Å²) in [6, 6.07) is 6.96. The highest BCUT2D eigenvalue weighted by atomic mass is 19.1. The normalized spacial score (nSPS) is 10.0. The third kappa shape index (κ3) is 2.98. The number of pyridine rings is 1. The fourth-order valence-electron chi connectivity index (χ4n) is 1.87. The molecule has 106 valence electrons. The summed E-state index contributed by atoms with van der Waals surface area (Å²) >= 11 is 0. The monoisotopic (exact) mass is 286 g/mol. The number of halogens is 1. The van der Waals surface area contributed by atoms with E-state index in [4.69, 9.17) is 15.1 Å². The Labute approximate surface area is 120 Å². The van der Waals surface area contributed by atoms with Gasteiger partial charge in [-0.25, -0.2) is 9.18 Å². The molecule has 1 heterocycles. The molecule has 6 heteroatoms. The summed E-state index contributed by atoms with van der Waals surface area (Å²) in [6.07, 6.45) is 0. The van der Waals surface area contributed by atoms with Gasteiger partial charge in [-0.05, 0) is 26.0 Å². The highest BCUT2D eigenvalue weighted by Crippen LogP contribution is 2.28. The van der Waals surface area contributed by atoms with Crippen LogP contribution in [0.15, 0.2) is 24.3 Å². The van der Waals surface area contributed by atoms with Gasteiger partial charge in [0.2, 0.25) is 0 Å². The van der Waals surface area contributed by atoms with Crippen molar-refractivity contribution in [2.75, 3.05) is 0 Å². The first-order valence-electron chi connectivity index (χ1n) is 6.01. The number of carboxylic acids is 1. The van der Waals surface area contributed by atoms with Crippen molar-refractivity contribution in [3.63, 3.8) is 0 Å². The third-order valence-electron chi connectivity index (χ3n) is 2.80. The van der Waals surface area contributed by atoms with Crippen LogP contribution in [0.5, 0.6) is 11.5 Å². The number of aromatic carboxylic acids is 1. The lowest BCUT2D eigenvalue weighted by Crippen LogP contribution is -2.01. The zero-order valence-corrected chi connectivity index (χ0v) is 11.3. The van der Waals surface area contributed by atoms with Gasteiger partial charge in [-0.1, -0.05) is 0 Å². The molecule has 0 saturated heterocycles. The molecular weight excluding hydrogens is 275 g/mol. The van der Waals surface area contributed by atoms with Crippen LogP contribution in [0, 0.1) is 31.0 Å². The molecule has 0 spiro atoms. The highest BCUT2D eigenvalue weighted by Gasteiger charge is 2.14. The average Bonchev–Trinajstić information content (AvgIpc) is 2.37. The van der Waals surface area contributed by atoms with E-state index in [0.717, 1.165) is 12.1 Å². The second kappa shape index (κ2) is 5.59. The van der Waals surface area contributed by atoms with Crippen molar-refractivity contribution in [3.05, 3.63) is 52.6 Å². The van der Waals surface area contributed by atoms with E-state index in [2.05, 4.69) is 4.98 Å². The molecule has 21 heavy (non-hydrogen) atoms. The van der Waals surface area contributed by atoms with Gasteiger partial charge in [0.25, 0.3) is 0 Å². The number of nitrogens with zero attached hydrogens (tertiary/aromatic N) is 2. The Bertz CT molecular complexity index is 766. The van der Waals surface area contributed by atoms with Crippen LogP contribution in [0.2, 0.25) is 0 Å². The molecule has 0 atom stereocenters. The smallest absolute Gasteiger partial charge is 0.338 e. The summed E-state index contributed by atoms with van der Waals surface area (Å²) in [5, 5.41) is 17.9. The molecule has 1 aromatic carbocycles. The van der Waals surface area contributed by atoms with Crippen molar-refractivity contribution < 1.29 is 19.0 Å². The van der Waals surface area contributed by atoms with E-state index in [1.165, 1.54) is 6.07 Å². The predicted octanol–water partition coefficient (Wildman–Crippen LogP) is 3.20. The first-order valence-corrected chi connectivity index (χ1v) is 6.01. The number of hydrogen-bond donors (Lipinski definition) is 1. The van der Waals surface area contributed by atoms with Crippen LogP contribution < -0.4 is 4.74 Å². The molecule has 0 bridgehead atoms. The number of benzene rings is 1. The van der Waals surface area contributed by atoms with Gasteiger partial charge in [0.15, 0.2) is 0 Å². The lowest BCUT2D eigenvalue weighted by molar-refractivity contribution is 0.0692. The molecular formula is C15H11FN2O3. The Morgan fingerprint density at radius 3 is 2.67 bits per heavy atom. The molecule has 0 fully saturated rings. The molecule has 1 aromatic heterocycles. The van der Waals surface area contributed by atoms with Crippen LogP contribution in [0.25, 0.3) is 0 Å². The van der Waals surface area contributed by atoms with Gasteiger partial charge in [0, 0.05) is 17.8 Å². The fourth-order valence-corrected chi connectivity index (χ4v) is 1.87. The fraction of sp³-hybridized carbons (Fsp3) is 0.133. The second-order valence-corrected chi connectivity index (χ2v) is 4.38. The quantitative estimate of drug-likeness (QED) is 0.936. The van der Waals surface area contributed by atoms with Crippen molar-refractivity contribution in [2.24, 2.45) is 0 Å². The minimum absolute atomic E-state index is 0.110. The molecule has 2 aromatic rings. The van der Waals surface area contributed by atoms with Crippen LogP contribution >= 0.6 is 0 Å². The number of aromatic nitrogens is 1. The zero-order chi connectivity index (χ0) is 15.6. The largest absolute Gasteiger partial charge is 0.478 e. The summed E-state index contributed by atoms with van der Waals surface area (Å²) in [5.74, 6) is -1.89. The van der Waals surface area contributed by atoms with Crippen LogP contribution in [-0.4, -0.2) is 16.1 Å². The van der Waals surface area contributed by atoms with Crippen molar-refractivity contribution in [1.82, 2.24) is 4.98 Å². The number of rotatable bonds is 3. The molecule has 0 amide bonds. The number of ether oxygens (including phenoxy) is 1. The minimum atomic E-state index is -1.35. The number of aryl methyl sites for hydroxylation is 2. The van der Waals surface area contributed by atoms with Gasteiger partial charge in [-0.15, -0.1) is 0 Å². The lowest BCUT2D eigenvalue weighted by Gasteiger charge is -2.10. The predicted molar refractivity (Wildman–Crippen MR) is 71.9 cm³/mol. The molecule has 2 rings (SSSR count). The number of nitriles is 1. The topological polar surface area (TPSA) is 83.2 Å². The Morgan fingerprint density at radius 1 is 1.38 bits per heavy atom. The molecule has 0 unspecified atom stereocenters. The first kappa shape index (κ1) is 14.5. The van der Waals surface area contributed by atoms with E-state index in [0.29, 0.717) is 11.4 Å². The van der Waals surface area contributed by atoms with E-state index < -0.39 is 17.3 Å². The number of carboxylic acid groups (broad SMARTS) is 1. The Morgan fingerprint density at radius 2 is 2.10 bits per heavy atom. The van der Waals surface area contributed by atoms with Crippen LogP contribution in [-0.2, 0) is 0 Å². The molecule has 0 saturated carbocycles. The van der Waals surface area contributed by atoms with E-state index >= 15 is 0 Å². The van der Waals surface area contributed by atoms with Crippen LogP contribution in [0.1, 0.15) is 27.3 Å². The maximum atomic E-state index is 13.6. The number of carbonyl (C=O) groups is 1. The first-order chi connectivity index (χ1) is 9.92. The van der Waals surface area contributed by atoms with Gasteiger partial charge >= 0.3 is 5.97 Å². The summed E-state index contributed by atoms with van der Waals surface area (Å²) in [7, 11) is 0. The van der Waals surface area contributed by atoms with Gasteiger partial charge in [0.05, 0.1) is 11.3 Å². The maximum absolute atomic E-state index is 13.6. The standard InChI is InChI=1S/C15H11FN2O3/c1-8-5-14(12(7-17)9(2)18-8)21-10-3-4-11(15(19)20)13(16)6-10/h3-6H,1-2H3,(H,19,20). The average molecular weight is 286 g/mol. The second-order valence-electron chi connectivity index (χ2n) is 4.38. The van der Waals surface area contributed by atoms with Crippen LogP contribution in [0.3, 0.4) is 0 Å². The van der Waals surface area contributed by atoms with E-state index in [1.807, 2.05) is 6.07 Å². The van der Waals surface area contributed by atoms with Crippen molar-refractivity contribution in [2.45, 2.75) is 13.8 Å². The van der Waals surface area contributed by atoms with E-state index in [9.17, 15) is 9.18 Å². The highest BCUT2D eigenvalue weighted by molar-refractivity contribution is 5.88. The molecule has 1 N–H and O–H groups in total. The van der Waals surface area contributed by atoms with E-state index in [-0.39, 0.29) is 17.1 Å². The summed E-state index contributed by atoms with van der Waals surface area (Å²) < 4.78 is 19.1. The Kier molecular flexibility index (Phi) is 3.85. The molecule has 5 nitrogen and oxygen atoms in total. The molecule has 0 radical (unpaired) electrons. The molecule has 0 aliphatic rings. The van der Waals surface area contributed by atoms with Gasteiger partial charge < -0.3 is 9.84 Å². The van der Waals surface area contributed by atoms with Crippen molar-refractivity contribution in [3.8, 4) is 17.6 Å². The summed E-state index contributed by atoms with van der Waals surface area (Å²) in [6.45, 7) is 3.42. The Balaban J connectivity index is 2.42. The zero-order valence-electron chi connectivity index (χ0n) is 11.3. The van der Waals surface area contributed by atoms with E-state index in [1.54, 1.807) is 19.9 Å². The van der Waals surface area contributed by atoms with Crippen LogP contribution in [0.4, 0.5) is 4.39 Å². The number of hydrogen-bond acceptors (Lipinski definition) is 4. The maximum Gasteiger partial charge on any atom is 0.338 e. The molecule has 0 aliphatic heterocycles. The van der Waals surface area contributed by atoms with Gasteiger partial charge in [-0.2, -0.15) is 5.26 Å². The summed E-state index contributed by atoms with van der Waals surface area (Å²) in [5.41, 5.74) is 0.979. The van der Waals surface area contributed by atoms with Gasteiger partial charge in [0.1, 0.15) is 28.9 Å². The summed E-state index contributed by atoms with van der Waals surface area (Å²) in [4.78, 5) is 14.9. The Hall–Kier alpha value is -2.94. The van der Waals surface area contributed by atoms with Gasteiger partial charge in [-0.3, -0.25) is 4.98 Å². The minimum Gasteiger partial charge on any atom is -0.478 e. The van der Waals surface area contributed by atoms with Crippen molar-refractivity contribution >= 4 is 5.97 Å². The third-order valence-corrected chi connectivity index (χ3v) is 2.80.